The van der Waals surface area contributed by atoms with Crippen LogP contribution in [0.5, 0.6) is 11.5 Å². The molecule has 3 rings (SSSR count). The summed E-state index contributed by atoms with van der Waals surface area (Å²) >= 11 is 0. The zero-order chi connectivity index (χ0) is 23.8. The van der Waals surface area contributed by atoms with E-state index in [1.165, 1.54) is 37.4 Å². The van der Waals surface area contributed by atoms with Gasteiger partial charge in [-0.15, -0.1) is 0 Å². The number of nitro benzene ring substituents is 1. The largest absolute Gasteiger partial charge is 0.481 e. The quantitative estimate of drug-likeness (QED) is 0.183. The number of carbonyl (C=O) groups excluding carboxylic acids is 2. The third kappa shape index (κ3) is 6.73. The average molecular weight is 447 g/mol. The van der Waals surface area contributed by atoms with Crippen molar-refractivity contribution in [1.82, 2.24) is 5.43 Å². The van der Waals surface area contributed by atoms with Crippen molar-refractivity contribution in [3.8, 4) is 11.5 Å². The first-order chi connectivity index (χ1) is 15.8. The van der Waals surface area contributed by atoms with Crippen LogP contribution in [-0.2, 0) is 4.79 Å². The van der Waals surface area contributed by atoms with Crippen LogP contribution in [0.4, 0.5) is 5.69 Å². The van der Waals surface area contributed by atoms with E-state index in [1.54, 1.807) is 36.4 Å². The Labute approximate surface area is 189 Å². The number of hydrazone groups is 1. The highest BCUT2D eigenvalue weighted by Crippen LogP contribution is 2.18. The molecule has 0 radical (unpaired) electrons. The third-order valence-electron chi connectivity index (χ3n) is 4.50. The summed E-state index contributed by atoms with van der Waals surface area (Å²) in [5.74, 6) is -0.242. The molecule has 0 aliphatic heterocycles. The van der Waals surface area contributed by atoms with Crippen LogP contribution in [-0.4, -0.2) is 29.1 Å². The predicted octanol–water partition coefficient (Wildman–Crippen LogP) is 4.04. The normalized spacial score (nSPS) is 11.6. The minimum absolute atomic E-state index is 0.0695. The summed E-state index contributed by atoms with van der Waals surface area (Å²) in [5, 5.41) is 14.6. The summed E-state index contributed by atoms with van der Waals surface area (Å²) < 4.78 is 10.8. The summed E-state index contributed by atoms with van der Waals surface area (Å²) in [6.45, 7) is 3.47. The maximum atomic E-state index is 12.2. The molecule has 9 heteroatoms. The summed E-state index contributed by atoms with van der Waals surface area (Å²) in [5.41, 5.74) is 4.48. The van der Waals surface area contributed by atoms with Gasteiger partial charge in [-0.05, 0) is 67.9 Å². The maximum Gasteiger partial charge on any atom is 0.343 e. The maximum absolute atomic E-state index is 12.2. The minimum atomic E-state index is -0.868. The number of nitrogens with zero attached hydrogens (tertiary/aromatic N) is 2. The summed E-state index contributed by atoms with van der Waals surface area (Å²) in [6, 6.07) is 19.1. The van der Waals surface area contributed by atoms with E-state index in [9.17, 15) is 19.7 Å². The monoisotopic (exact) mass is 447 g/mol. The first kappa shape index (κ1) is 23.1. The number of amides is 1. The Morgan fingerprint density at radius 3 is 2.18 bits per heavy atom. The molecule has 0 aliphatic rings. The van der Waals surface area contributed by atoms with E-state index < -0.39 is 22.9 Å². The minimum Gasteiger partial charge on any atom is -0.481 e. The molecule has 0 spiro atoms. The molecule has 1 amide bonds. The molecule has 168 valence electrons. The van der Waals surface area contributed by atoms with Gasteiger partial charge in [0.25, 0.3) is 11.6 Å². The molecule has 9 nitrogen and oxygen atoms in total. The second-order valence-electron chi connectivity index (χ2n) is 7.07. The fraction of sp³-hybridized carbons (Fsp3) is 0.125. The Kier molecular flexibility index (Phi) is 7.48. The van der Waals surface area contributed by atoms with Crippen molar-refractivity contribution in [2.75, 3.05) is 0 Å². The highest BCUT2D eigenvalue weighted by atomic mass is 16.6. The summed E-state index contributed by atoms with van der Waals surface area (Å²) in [6.07, 6.45) is 0.564. The van der Waals surface area contributed by atoms with Crippen LogP contribution < -0.4 is 14.9 Å². The zero-order valence-corrected chi connectivity index (χ0v) is 17.9. The van der Waals surface area contributed by atoms with E-state index in [0.717, 1.165) is 5.56 Å². The highest BCUT2D eigenvalue weighted by molar-refractivity contribution is 5.91. The van der Waals surface area contributed by atoms with Crippen LogP contribution in [0.15, 0.2) is 77.9 Å². The predicted molar refractivity (Wildman–Crippen MR) is 122 cm³/mol. The lowest BCUT2D eigenvalue weighted by Gasteiger charge is -2.12. The smallest absolute Gasteiger partial charge is 0.343 e. The molecule has 1 N–H and O–H groups in total. The van der Waals surface area contributed by atoms with Crippen molar-refractivity contribution in [3.05, 3.63) is 99.6 Å². The van der Waals surface area contributed by atoms with E-state index >= 15 is 0 Å². The number of aryl methyl sites for hydroxylation is 1. The molecular weight excluding hydrogens is 426 g/mol. The van der Waals surface area contributed by atoms with Crippen molar-refractivity contribution in [3.63, 3.8) is 0 Å². The van der Waals surface area contributed by atoms with Crippen LogP contribution in [0.2, 0.25) is 0 Å². The van der Waals surface area contributed by atoms with Gasteiger partial charge >= 0.3 is 5.97 Å². The van der Waals surface area contributed by atoms with Crippen molar-refractivity contribution >= 4 is 23.8 Å². The Morgan fingerprint density at radius 1 is 0.970 bits per heavy atom. The molecule has 0 aromatic heterocycles. The van der Waals surface area contributed by atoms with Gasteiger partial charge in [0.15, 0.2) is 6.10 Å². The molecule has 1 atom stereocenters. The fourth-order valence-corrected chi connectivity index (χ4v) is 2.64. The molecule has 0 fully saturated rings. The second kappa shape index (κ2) is 10.7. The molecule has 0 aliphatic carbocycles. The number of esters is 1. The van der Waals surface area contributed by atoms with Crippen molar-refractivity contribution in [2.45, 2.75) is 20.0 Å². The molecule has 33 heavy (non-hydrogen) atoms. The van der Waals surface area contributed by atoms with E-state index in [0.29, 0.717) is 22.6 Å². The highest BCUT2D eigenvalue weighted by Gasteiger charge is 2.15. The molecule has 0 saturated carbocycles. The number of nitro groups is 1. The SMILES string of the molecule is Cc1ccc(C(=O)Oc2ccc(/C=N\NC(=O)[C@H](C)Oc3ccc([N+](=O)[O-])cc3)cc2)cc1. The topological polar surface area (TPSA) is 120 Å². The summed E-state index contributed by atoms with van der Waals surface area (Å²) in [7, 11) is 0. The second-order valence-corrected chi connectivity index (χ2v) is 7.07. The molecule has 3 aromatic rings. The van der Waals surface area contributed by atoms with Crippen LogP contribution in [0.1, 0.15) is 28.4 Å². The molecule has 0 saturated heterocycles. The van der Waals surface area contributed by atoms with E-state index in [-0.39, 0.29) is 5.69 Å². The molecule has 3 aromatic carbocycles. The number of carbonyl (C=O) groups is 2. The average Bonchev–Trinajstić information content (AvgIpc) is 2.81. The number of hydrogen-bond donors (Lipinski definition) is 1. The fourth-order valence-electron chi connectivity index (χ4n) is 2.64. The van der Waals surface area contributed by atoms with Gasteiger partial charge in [-0.3, -0.25) is 14.9 Å². The Bertz CT molecular complexity index is 1160. The Balaban J connectivity index is 1.49. The van der Waals surface area contributed by atoms with Crippen LogP contribution >= 0.6 is 0 Å². The third-order valence-corrected chi connectivity index (χ3v) is 4.50. The molecular formula is C24H21N3O6. The van der Waals surface area contributed by atoms with Gasteiger partial charge in [-0.25, -0.2) is 10.2 Å². The standard InChI is InChI=1S/C24H21N3O6/c1-16-3-7-19(8-4-16)24(29)33-22-11-5-18(6-12-22)15-25-26-23(28)17(2)32-21-13-9-20(10-14-21)27(30)31/h3-15,17H,1-2H3,(H,26,28)/b25-15-/t17-/m0/s1. The van der Waals surface area contributed by atoms with Gasteiger partial charge < -0.3 is 9.47 Å². The lowest BCUT2D eigenvalue weighted by molar-refractivity contribution is -0.384. The lowest BCUT2D eigenvalue weighted by atomic mass is 10.1. The van der Waals surface area contributed by atoms with Gasteiger partial charge in [0, 0.05) is 12.1 Å². The Morgan fingerprint density at radius 2 is 1.58 bits per heavy atom. The van der Waals surface area contributed by atoms with Gasteiger partial charge in [-0.1, -0.05) is 17.7 Å². The first-order valence-corrected chi connectivity index (χ1v) is 9.95. The van der Waals surface area contributed by atoms with Gasteiger partial charge in [0.1, 0.15) is 11.5 Å². The van der Waals surface area contributed by atoms with Crippen molar-refractivity contribution in [2.24, 2.45) is 5.10 Å². The van der Waals surface area contributed by atoms with Gasteiger partial charge in [0.2, 0.25) is 0 Å². The molecule has 0 heterocycles. The van der Waals surface area contributed by atoms with Crippen LogP contribution in [0.25, 0.3) is 0 Å². The van der Waals surface area contributed by atoms with E-state index in [4.69, 9.17) is 9.47 Å². The number of ether oxygens (including phenoxy) is 2. The van der Waals surface area contributed by atoms with Crippen molar-refractivity contribution < 1.29 is 24.0 Å². The molecule has 0 unspecified atom stereocenters. The van der Waals surface area contributed by atoms with Crippen molar-refractivity contribution in [1.29, 1.82) is 0 Å². The number of rotatable bonds is 8. The number of benzene rings is 3. The number of nitrogens with one attached hydrogen (secondary N) is 1. The summed E-state index contributed by atoms with van der Waals surface area (Å²) in [4.78, 5) is 34.4. The van der Waals surface area contributed by atoms with Gasteiger partial charge in [-0.2, -0.15) is 5.10 Å². The first-order valence-electron chi connectivity index (χ1n) is 9.95. The van der Waals surface area contributed by atoms with Crippen LogP contribution in [0, 0.1) is 17.0 Å². The number of non-ortho nitro benzene ring substituents is 1. The van der Waals surface area contributed by atoms with Gasteiger partial charge in [0.05, 0.1) is 16.7 Å². The zero-order valence-electron chi connectivity index (χ0n) is 17.9. The number of hydrogen-bond acceptors (Lipinski definition) is 7. The van der Waals surface area contributed by atoms with Crippen LogP contribution in [0.3, 0.4) is 0 Å². The van der Waals surface area contributed by atoms with E-state index in [1.807, 2.05) is 19.1 Å². The molecule has 0 bridgehead atoms. The lowest BCUT2D eigenvalue weighted by Crippen LogP contribution is -2.33. The van der Waals surface area contributed by atoms with E-state index in [2.05, 4.69) is 10.5 Å². The Hall–Kier alpha value is -4.53.